The smallest absolute Gasteiger partial charge is 0.130 e. The highest BCUT2D eigenvalue weighted by molar-refractivity contribution is 7.98. The summed E-state index contributed by atoms with van der Waals surface area (Å²) in [4.78, 5) is 8.08. The monoisotopic (exact) mass is 184 g/mol. The Balaban J connectivity index is 2.60. The Hall–Kier alpha value is -0.810. The van der Waals surface area contributed by atoms with Crippen molar-refractivity contribution in [2.24, 2.45) is 5.73 Å². The van der Waals surface area contributed by atoms with Gasteiger partial charge in [-0.05, 0) is 6.26 Å². The Bertz CT molecular complexity index is 241. The van der Waals surface area contributed by atoms with Crippen LogP contribution in [0.3, 0.4) is 0 Å². The quantitative estimate of drug-likeness (QED) is 0.529. The fourth-order valence-corrected chi connectivity index (χ4v) is 1.13. The Morgan fingerprint density at radius 1 is 1.58 bits per heavy atom. The van der Waals surface area contributed by atoms with Crippen molar-refractivity contribution in [2.45, 2.75) is 5.03 Å². The third-order valence-electron chi connectivity index (χ3n) is 1.30. The lowest BCUT2D eigenvalue weighted by molar-refractivity contribution is 0.984. The Labute approximate surface area is 76.0 Å². The van der Waals surface area contributed by atoms with Gasteiger partial charge < -0.3 is 11.1 Å². The molecule has 12 heavy (non-hydrogen) atoms. The molecule has 0 unspecified atom stereocenters. The molecule has 0 aliphatic rings. The van der Waals surface area contributed by atoms with E-state index >= 15 is 0 Å². The predicted octanol–water partition coefficient (Wildman–Crippen LogP) is 0.569. The van der Waals surface area contributed by atoms with E-state index < -0.39 is 0 Å². The second-order valence-corrected chi connectivity index (χ2v) is 2.99. The molecule has 0 aliphatic heterocycles. The maximum atomic E-state index is 5.34. The molecule has 0 amide bonds. The van der Waals surface area contributed by atoms with Gasteiger partial charge in [-0.1, -0.05) is 0 Å². The van der Waals surface area contributed by atoms with Gasteiger partial charge in [-0.15, -0.1) is 11.8 Å². The van der Waals surface area contributed by atoms with Crippen LogP contribution in [0.15, 0.2) is 17.4 Å². The van der Waals surface area contributed by atoms with Gasteiger partial charge in [0.2, 0.25) is 0 Å². The first-order chi connectivity index (χ1) is 5.86. The van der Waals surface area contributed by atoms with Gasteiger partial charge in [-0.3, -0.25) is 0 Å². The van der Waals surface area contributed by atoms with Crippen molar-refractivity contribution < 1.29 is 0 Å². The van der Waals surface area contributed by atoms with E-state index in [0.29, 0.717) is 6.54 Å². The second kappa shape index (κ2) is 4.95. The molecule has 0 atom stereocenters. The average molecular weight is 184 g/mol. The van der Waals surface area contributed by atoms with Gasteiger partial charge in [0.1, 0.15) is 17.2 Å². The molecule has 0 bridgehead atoms. The summed E-state index contributed by atoms with van der Waals surface area (Å²) in [5.74, 6) is 0.833. The van der Waals surface area contributed by atoms with Crippen LogP contribution in [-0.4, -0.2) is 29.3 Å². The number of nitrogens with two attached hydrogens (primary N) is 1. The summed E-state index contributed by atoms with van der Waals surface area (Å²) in [6.45, 7) is 1.35. The summed E-state index contributed by atoms with van der Waals surface area (Å²) in [6.07, 6.45) is 3.53. The van der Waals surface area contributed by atoms with Crippen LogP contribution in [0.1, 0.15) is 0 Å². The maximum Gasteiger partial charge on any atom is 0.130 e. The Morgan fingerprint density at radius 2 is 2.42 bits per heavy atom. The molecule has 0 radical (unpaired) electrons. The minimum atomic E-state index is 0.610. The minimum absolute atomic E-state index is 0.610. The summed E-state index contributed by atoms with van der Waals surface area (Å²) < 4.78 is 0. The van der Waals surface area contributed by atoms with Gasteiger partial charge in [0.05, 0.1) is 0 Å². The lowest BCUT2D eigenvalue weighted by Crippen LogP contribution is -2.13. The first kappa shape index (κ1) is 9.28. The molecule has 66 valence electrons. The largest absolute Gasteiger partial charge is 0.369 e. The number of anilines is 1. The van der Waals surface area contributed by atoms with Crippen LogP contribution in [0.25, 0.3) is 0 Å². The van der Waals surface area contributed by atoms with Crippen molar-refractivity contribution >= 4 is 17.6 Å². The van der Waals surface area contributed by atoms with Gasteiger partial charge in [0.25, 0.3) is 0 Å². The van der Waals surface area contributed by atoms with Crippen LogP contribution < -0.4 is 11.1 Å². The summed E-state index contributed by atoms with van der Waals surface area (Å²) in [6, 6.07) is 1.90. The van der Waals surface area contributed by atoms with E-state index in [2.05, 4.69) is 15.3 Å². The molecular weight excluding hydrogens is 172 g/mol. The molecule has 4 nitrogen and oxygen atoms in total. The number of rotatable bonds is 4. The molecule has 1 rings (SSSR count). The first-order valence-electron chi connectivity index (χ1n) is 3.67. The Morgan fingerprint density at radius 3 is 3.08 bits per heavy atom. The number of aromatic nitrogens is 2. The second-order valence-electron chi connectivity index (χ2n) is 2.16. The van der Waals surface area contributed by atoms with Crippen LogP contribution in [-0.2, 0) is 0 Å². The molecule has 1 heterocycles. The number of thioether (sulfide) groups is 1. The van der Waals surface area contributed by atoms with Gasteiger partial charge >= 0.3 is 0 Å². The molecule has 1 aromatic rings. The predicted molar refractivity (Wildman–Crippen MR) is 51.4 cm³/mol. The molecule has 0 aliphatic carbocycles. The van der Waals surface area contributed by atoms with Crippen molar-refractivity contribution in [2.75, 3.05) is 24.7 Å². The van der Waals surface area contributed by atoms with E-state index in [9.17, 15) is 0 Å². The summed E-state index contributed by atoms with van der Waals surface area (Å²) >= 11 is 1.59. The maximum absolute atomic E-state index is 5.34. The molecular formula is C7H12N4S. The van der Waals surface area contributed by atoms with E-state index in [0.717, 1.165) is 17.4 Å². The first-order valence-corrected chi connectivity index (χ1v) is 4.89. The summed E-state index contributed by atoms with van der Waals surface area (Å²) in [7, 11) is 0. The van der Waals surface area contributed by atoms with Crippen LogP contribution in [0.4, 0.5) is 5.82 Å². The van der Waals surface area contributed by atoms with Gasteiger partial charge in [0, 0.05) is 19.2 Å². The van der Waals surface area contributed by atoms with E-state index in [-0.39, 0.29) is 0 Å². The average Bonchev–Trinajstić information content (AvgIpc) is 2.15. The van der Waals surface area contributed by atoms with E-state index in [4.69, 9.17) is 5.73 Å². The lowest BCUT2D eigenvalue weighted by Gasteiger charge is -2.03. The summed E-state index contributed by atoms with van der Waals surface area (Å²) in [5, 5.41) is 4.04. The topological polar surface area (TPSA) is 63.8 Å². The fraction of sp³-hybridized carbons (Fsp3) is 0.429. The third kappa shape index (κ3) is 2.67. The van der Waals surface area contributed by atoms with Crippen LogP contribution in [0.2, 0.25) is 0 Å². The molecule has 0 saturated carbocycles. The summed E-state index contributed by atoms with van der Waals surface area (Å²) in [5.41, 5.74) is 5.34. The zero-order valence-electron chi connectivity index (χ0n) is 6.95. The Kier molecular flexibility index (Phi) is 3.83. The van der Waals surface area contributed by atoms with Crippen LogP contribution in [0, 0.1) is 0 Å². The normalized spacial score (nSPS) is 9.83. The zero-order valence-corrected chi connectivity index (χ0v) is 7.77. The number of hydrogen-bond acceptors (Lipinski definition) is 5. The SMILES string of the molecule is CSc1cc(NCCN)ncn1. The third-order valence-corrected chi connectivity index (χ3v) is 1.94. The van der Waals surface area contributed by atoms with Gasteiger partial charge in [-0.2, -0.15) is 0 Å². The van der Waals surface area contributed by atoms with Gasteiger partial charge in [0.15, 0.2) is 0 Å². The molecule has 3 N–H and O–H groups in total. The number of nitrogens with one attached hydrogen (secondary N) is 1. The van der Waals surface area contributed by atoms with Crippen molar-refractivity contribution in [1.82, 2.24) is 9.97 Å². The van der Waals surface area contributed by atoms with Crippen LogP contribution >= 0.6 is 11.8 Å². The van der Waals surface area contributed by atoms with Crippen molar-refractivity contribution in [1.29, 1.82) is 0 Å². The minimum Gasteiger partial charge on any atom is -0.369 e. The highest BCUT2D eigenvalue weighted by Crippen LogP contribution is 2.12. The number of nitrogens with zero attached hydrogens (tertiary/aromatic N) is 2. The van der Waals surface area contributed by atoms with Gasteiger partial charge in [-0.25, -0.2) is 9.97 Å². The molecule has 5 heteroatoms. The highest BCUT2D eigenvalue weighted by Gasteiger charge is 1.94. The van der Waals surface area contributed by atoms with E-state index in [1.54, 1.807) is 18.1 Å². The van der Waals surface area contributed by atoms with Crippen LogP contribution in [0.5, 0.6) is 0 Å². The molecule has 0 saturated heterocycles. The molecule has 1 aromatic heterocycles. The van der Waals surface area contributed by atoms with E-state index in [1.807, 2.05) is 12.3 Å². The van der Waals surface area contributed by atoms with Crippen molar-refractivity contribution in [3.05, 3.63) is 12.4 Å². The standard InChI is InChI=1S/C7H12N4S/c1-12-7-4-6(9-3-2-8)10-5-11-7/h4-5H,2-3,8H2,1H3,(H,9,10,11). The van der Waals surface area contributed by atoms with E-state index in [1.165, 1.54) is 0 Å². The zero-order chi connectivity index (χ0) is 8.81. The highest BCUT2D eigenvalue weighted by atomic mass is 32.2. The van der Waals surface area contributed by atoms with Crippen molar-refractivity contribution in [3.63, 3.8) is 0 Å². The van der Waals surface area contributed by atoms with Crippen molar-refractivity contribution in [3.8, 4) is 0 Å². The molecule has 0 aromatic carbocycles. The molecule has 0 fully saturated rings. The number of hydrogen-bond donors (Lipinski definition) is 2. The lowest BCUT2D eigenvalue weighted by atomic mass is 10.5. The fourth-order valence-electron chi connectivity index (χ4n) is 0.748. The molecule has 0 spiro atoms.